The number of hydrogen-bond acceptors (Lipinski definition) is 4. The van der Waals surface area contributed by atoms with Crippen LogP contribution in [-0.4, -0.2) is 17.4 Å². The van der Waals surface area contributed by atoms with E-state index < -0.39 is 16.2 Å². The van der Waals surface area contributed by atoms with E-state index in [0.29, 0.717) is 29.3 Å². The molecule has 2 aromatic rings. The molecule has 4 rings (SSSR count). The summed E-state index contributed by atoms with van der Waals surface area (Å²) in [5.74, 6) is -0.601. The Labute approximate surface area is 185 Å². The van der Waals surface area contributed by atoms with Crippen LogP contribution in [0.3, 0.4) is 0 Å². The molecule has 2 bridgehead atoms. The molecule has 30 heavy (non-hydrogen) atoms. The van der Waals surface area contributed by atoms with Crippen molar-refractivity contribution < 1.29 is 9.59 Å². The zero-order valence-corrected chi connectivity index (χ0v) is 18.6. The third-order valence-corrected chi connectivity index (χ3v) is 8.05. The number of anilines is 2. The third-order valence-electron chi connectivity index (χ3n) is 7.23. The Balaban J connectivity index is 1.71. The summed E-state index contributed by atoms with van der Waals surface area (Å²) >= 11 is 12.3. The molecule has 0 radical (unpaired) electrons. The van der Waals surface area contributed by atoms with Crippen molar-refractivity contribution in [1.82, 2.24) is 0 Å². The summed E-state index contributed by atoms with van der Waals surface area (Å²) in [4.78, 5) is 27.2. The Morgan fingerprint density at radius 2 is 1.70 bits per heavy atom. The van der Waals surface area contributed by atoms with Gasteiger partial charge in [0.2, 0.25) is 5.91 Å². The van der Waals surface area contributed by atoms with Gasteiger partial charge in [-0.25, -0.2) is 0 Å². The van der Waals surface area contributed by atoms with Gasteiger partial charge in [0, 0.05) is 5.41 Å². The van der Waals surface area contributed by atoms with Gasteiger partial charge in [-0.05, 0) is 42.5 Å². The summed E-state index contributed by atoms with van der Waals surface area (Å²) in [6.45, 7) is 5.97. The van der Waals surface area contributed by atoms with E-state index in [1.165, 1.54) is 0 Å². The third kappa shape index (κ3) is 2.72. The molecular weight excluding hydrogens is 421 g/mol. The van der Waals surface area contributed by atoms with E-state index in [-0.39, 0.29) is 16.7 Å². The minimum absolute atomic E-state index is 0.236. The number of carbonyl (C=O) groups is 2. The largest absolute Gasteiger partial charge is 0.324 e. The second-order valence-corrected chi connectivity index (χ2v) is 9.47. The number of nitrogens with zero attached hydrogens (tertiary/aromatic N) is 1. The van der Waals surface area contributed by atoms with Gasteiger partial charge >= 0.3 is 0 Å². The summed E-state index contributed by atoms with van der Waals surface area (Å²) < 4.78 is 0. The van der Waals surface area contributed by atoms with Gasteiger partial charge in [0.1, 0.15) is 11.1 Å². The van der Waals surface area contributed by atoms with Crippen LogP contribution in [0.1, 0.15) is 33.6 Å². The number of ketones is 1. The van der Waals surface area contributed by atoms with Crippen molar-refractivity contribution in [3.8, 4) is 0 Å². The normalized spacial score (nSPS) is 28.0. The van der Waals surface area contributed by atoms with Crippen LogP contribution < -0.4 is 10.7 Å². The summed E-state index contributed by atoms with van der Waals surface area (Å²) in [5, 5.41) is 7.94. The van der Waals surface area contributed by atoms with E-state index in [1.807, 2.05) is 51.1 Å². The number of nitrogens with one attached hydrogen (secondary N) is 2. The first-order valence-corrected chi connectivity index (χ1v) is 10.6. The monoisotopic (exact) mass is 443 g/mol. The molecule has 2 fully saturated rings. The molecule has 156 valence electrons. The van der Waals surface area contributed by atoms with Crippen LogP contribution in [0.4, 0.5) is 11.4 Å². The highest BCUT2D eigenvalue weighted by atomic mass is 35.5. The van der Waals surface area contributed by atoms with Crippen LogP contribution in [0.15, 0.2) is 53.6 Å². The lowest BCUT2D eigenvalue weighted by Crippen LogP contribution is -2.47. The van der Waals surface area contributed by atoms with E-state index in [0.717, 1.165) is 5.69 Å². The van der Waals surface area contributed by atoms with Crippen molar-refractivity contribution in [3.63, 3.8) is 0 Å². The molecule has 2 aliphatic carbocycles. The van der Waals surface area contributed by atoms with Gasteiger partial charge < -0.3 is 5.32 Å². The Bertz CT molecular complexity index is 1070. The Morgan fingerprint density at radius 3 is 2.40 bits per heavy atom. The van der Waals surface area contributed by atoms with Crippen LogP contribution in [0, 0.1) is 16.2 Å². The van der Waals surface area contributed by atoms with Gasteiger partial charge in [-0.3, -0.25) is 15.0 Å². The molecule has 1 amide bonds. The molecule has 2 unspecified atom stereocenters. The predicted molar refractivity (Wildman–Crippen MR) is 121 cm³/mol. The number of halogens is 2. The van der Waals surface area contributed by atoms with Crippen molar-refractivity contribution >= 4 is 52.0 Å². The van der Waals surface area contributed by atoms with Crippen molar-refractivity contribution in [3.05, 3.63) is 58.6 Å². The van der Waals surface area contributed by atoms with E-state index in [2.05, 4.69) is 15.8 Å². The zero-order valence-electron chi connectivity index (χ0n) is 17.1. The fraction of sp³-hybridized carbons (Fsp3) is 0.348. The molecule has 0 heterocycles. The molecule has 2 saturated carbocycles. The van der Waals surface area contributed by atoms with Gasteiger partial charge in [0.15, 0.2) is 5.78 Å². The van der Waals surface area contributed by atoms with Crippen LogP contribution in [0.2, 0.25) is 10.0 Å². The highest BCUT2D eigenvalue weighted by Gasteiger charge is 2.76. The molecule has 2 N–H and O–H groups in total. The number of hydrogen-bond donors (Lipinski definition) is 2. The first-order valence-electron chi connectivity index (χ1n) is 9.85. The molecule has 0 aliphatic heterocycles. The first kappa shape index (κ1) is 20.9. The molecule has 5 nitrogen and oxygen atoms in total. The maximum Gasteiger partial charge on any atom is 0.239 e. The molecule has 0 saturated heterocycles. The summed E-state index contributed by atoms with van der Waals surface area (Å²) in [7, 11) is 0. The van der Waals surface area contributed by atoms with Crippen LogP contribution >= 0.6 is 23.2 Å². The standard InChI is InChI=1S/C23H23Cl2N3O2/c1-21(2)22(3)12-13-23(21,20(30)26-16-11-7-10-15(24)17(16)25)19(29)18(22)28-27-14-8-5-4-6-9-14/h4-11,27H,12-13H2,1-3H3,(H,26,30). The maximum absolute atomic E-state index is 13.6. The average Bonchev–Trinajstić information content (AvgIpc) is 3.00. The summed E-state index contributed by atoms with van der Waals surface area (Å²) in [6.07, 6.45) is 1.15. The van der Waals surface area contributed by atoms with Gasteiger partial charge in [0.05, 0.1) is 21.4 Å². The topological polar surface area (TPSA) is 70.6 Å². The van der Waals surface area contributed by atoms with E-state index in [1.54, 1.807) is 18.2 Å². The second-order valence-electron chi connectivity index (χ2n) is 8.69. The Hall–Kier alpha value is -2.37. The Morgan fingerprint density at radius 1 is 1.00 bits per heavy atom. The fourth-order valence-corrected chi connectivity index (χ4v) is 5.28. The lowest BCUT2D eigenvalue weighted by molar-refractivity contribution is -0.139. The smallest absolute Gasteiger partial charge is 0.239 e. The Kier molecular flexibility index (Phi) is 4.94. The molecule has 2 atom stereocenters. The van der Waals surface area contributed by atoms with Gasteiger partial charge in [-0.15, -0.1) is 0 Å². The van der Waals surface area contributed by atoms with E-state index >= 15 is 0 Å². The second kappa shape index (κ2) is 7.10. The van der Waals surface area contributed by atoms with Gasteiger partial charge in [-0.1, -0.05) is 68.2 Å². The van der Waals surface area contributed by atoms with Crippen molar-refractivity contribution in [2.75, 3.05) is 10.7 Å². The number of rotatable bonds is 4. The van der Waals surface area contributed by atoms with Crippen LogP contribution in [0.25, 0.3) is 0 Å². The minimum atomic E-state index is -1.22. The molecule has 0 spiro atoms. The van der Waals surface area contributed by atoms with Gasteiger partial charge in [0.25, 0.3) is 0 Å². The van der Waals surface area contributed by atoms with Crippen LogP contribution in [0.5, 0.6) is 0 Å². The highest BCUT2D eigenvalue weighted by molar-refractivity contribution is 6.51. The number of Topliss-reactive ketones (excluding diaryl/α,β-unsaturated/α-hetero) is 1. The number of carbonyl (C=O) groups excluding carboxylic acids is 2. The highest BCUT2D eigenvalue weighted by Crippen LogP contribution is 2.69. The summed E-state index contributed by atoms with van der Waals surface area (Å²) in [6, 6.07) is 14.5. The van der Waals surface area contributed by atoms with Gasteiger partial charge in [-0.2, -0.15) is 5.10 Å². The average molecular weight is 444 g/mol. The summed E-state index contributed by atoms with van der Waals surface area (Å²) in [5.41, 5.74) is 2.21. The first-order chi connectivity index (χ1) is 14.1. The number of benzene rings is 2. The lowest BCUT2D eigenvalue weighted by atomic mass is 9.64. The van der Waals surface area contributed by atoms with E-state index in [4.69, 9.17) is 23.2 Å². The van der Waals surface area contributed by atoms with Crippen molar-refractivity contribution in [2.45, 2.75) is 33.6 Å². The molecule has 2 aliphatic rings. The molecule has 2 aromatic carbocycles. The molecule has 0 aromatic heterocycles. The zero-order chi connectivity index (χ0) is 21.7. The number of fused-ring (bicyclic) bond motifs is 2. The number of para-hydroxylation sites is 1. The number of hydrazone groups is 1. The fourth-order valence-electron chi connectivity index (χ4n) is 4.94. The van der Waals surface area contributed by atoms with Crippen molar-refractivity contribution in [1.29, 1.82) is 0 Å². The minimum Gasteiger partial charge on any atom is -0.324 e. The molecule has 7 heteroatoms. The quantitative estimate of drug-likeness (QED) is 0.463. The molecular formula is C23H23Cl2N3O2. The maximum atomic E-state index is 13.6. The van der Waals surface area contributed by atoms with Crippen molar-refractivity contribution in [2.24, 2.45) is 21.3 Å². The lowest BCUT2D eigenvalue weighted by Gasteiger charge is -2.37. The predicted octanol–water partition coefficient (Wildman–Crippen LogP) is 5.80. The number of amides is 1. The van der Waals surface area contributed by atoms with E-state index in [9.17, 15) is 9.59 Å². The van der Waals surface area contributed by atoms with Crippen LogP contribution in [-0.2, 0) is 9.59 Å². The SMILES string of the molecule is CC12CCC(C(=O)Nc3cccc(Cl)c3Cl)(C(=O)C1=NNc1ccccc1)C2(C)C.